The molecule has 0 N–H and O–H groups in total. The molecule has 11 aromatic rings. The Morgan fingerprint density at radius 3 is 1.92 bits per heavy atom. The highest BCUT2D eigenvalue weighted by Crippen LogP contribution is 2.41. The highest BCUT2D eigenvalue weighted by molar-refractivity contribution is 7.26. The predicted molar refractivity (Wildman–Crippen MR) is 218 cm³/mol. The first-order chi connectivity index (χ1) is 25.8. The number of hydrogen-bond donors (Lipinski definition) is 0. The van der Waals surface area contributed by atoms with Gasteiger partial charge in [-0.2, -0.15) is 0 Å². The zero-order chi connectivity index (χ0) is 34.2. The van der Waals surface area contributed by atoms with E-state index in [4.69, 9.17) is 15.0 Å². The molecular formula is C47H28N4S. The molecule has 5 heteroatoms. The molecule has 0 aliphatic heterocycles. The van der Waals surface area contributed by atoms with E-state index in [9.17, 15) is 0 Å². The quantitative estimate of drug-likeness (QED) is 0.186. The standard InChI is InChI=1S/C47H28N4S/c1-2-13-30(14-3-1)45-48-46(50-47(49-45)38-22-11-21-37-36-20-8-9-23-42(36)52-44(37)38)33-17-10-18-34(26-33)51-40-25-24-29-12-6-7-19-35(29)43(40)39-27-31-15-4-5-16-32(31)28-41(39)51/h1-28H. The van der Waals surface area contributed by atoms with Crippen LogP contribution in [0.5, 0.6) is 0 Å². The van der Waals surface area contributed by atoms with Gasteiger partial charge in [0.25, 0.3) is 0 Å². The first-order valence-electron chi connectivity index (χ1n) is 17.4. The highest BCUT2D eigenvalue weighted by atomic mass is 32.1. The second-order valence-corrected chi connectivity index (χ2v) is 14.3. The van der Waals surface area contributed by atoms with Crippen molar-refractivity contribution in [3.63, 3.8) is 0 Å². The number of thiophene rings is 1. The maximum Gasteiger partial charge on any atom is 0.165 e. The lowest BCUT2D eigenvalue weighted by atomic mass is 10.0. The summed E-state index contributed by atoms with van der Waals surface area (Å²) in [5.41, 5.74) is 6.28. The van der Waals surface area contributed by atoms with Crippen LogP contribution in [-0.4, -0.2) is 19.5 Å². The van der Waals surface area contributed by atoms with Crippen molar-refractivity contribution in [2.24, 2.45) is 0 Å². The molecule has 0 radical (unpaired) electrons. The van der Waals surface area contributed by atoms with Gasteiger partial charge >= 0.3 is 0 Å². The number of aromatic nitrogens is 4. The summed E-state index contributed by atoms with van der Waals surface area (Å²) in [5, 5.41) is 9.89. The van der Waals surface area contributed by atoms with E-state index in [1.54, 1.807) is 11.3 Å². The zero-order valence-electron chi connectivity index (χ0n) is 27.9. The first-order valence-corrected chi connectivity index (χ1v) is 18.3. The summed E-state index contributed by atoms with van der Waals surface area (Å²) in [6.07, 6.45) is 0. The van der Waals surface area contributed by atoms with Gasteiger partial charge in [-0.1, -0.05) is 127 Å². The third-order valence-electron chi connectivity index (χ3n) is 10.2. The number of fused-ring (bicyclic) bond motifs is 9. The molecule has 0 spiro atoms. The minimum atomic E-state index is 0.639. The van der Waals surface area contributed by atoms with Crippen LogP contribution < -0.4 is 0 Å². The van der Waals surface area contributed by atoms with E-state index < -0.39 is 0 Å². The summed E-state index contributed by atoms with van der Waals surface area (Å²) in [6, 6.07) is 60.3. The van der Waals surface area contributed by atoms with Crippen LogP contribution in [0.4, 0.5) is 0 Å². The van der Waals surface area contributed by atoms with Crippen molar-refractivity contribution in [1.82, 2.24) is 19.5 Å². The lowest BCUT2D eigenvalue weighted by Gasteiger charge is -2.12. The van der Waals surface area contributed by atoms with Gasteiger partial charge in [-0.3, -0.25) is 0 Å². The summed E-state index contributed by atoms with van der Waals surface area (Å²) < 4.78 is 4.82. The van der Waals surface area contributed by atoms with E-state index in [-0.39, 0.29) is 0 Å². The van der Waals surface area contributed by atoms with E-state index >= 15 is 0 Å². The van der Waals surface area contributed by atoms with Crippen LogP contribution in [0.1, 0.15) is 0 Å². The second-order valence-electron chi connectivity index (χ2n) is 13.2. The van der Waals surface area contributed by atoms with Crippen LogP contribution in [0, 0.1) is 0 Å². The fraction of sp³-hybridized carbons (Fsp3) is 0. The van der Waals surface area contributed by atoms with Crippen LogP contribution in [0.3, 0.4) is 0 Å². The molecular weight excluding hydrogens is 653 g/mol. The molecule has 0 saturated heterocycles. The molecule has 0 fully saturated rings. The molecule has 8 aromatic carbocycles. The van der Waals surface area contributed by atoms with Crippen molar-refractivity contribution < 1.29 is 0 Å². The summed E-state index contributed by atoms with van der Waals surface area (Å²) >= 11 is 1.79. The number of benzene rings is 8. The van der Waals surface area contributed by atoms with Crippen LogP contribution in [0.15, 0.2) is 170 Å². The fourth-order valence-corrected chi connectivity index (χ4v) is 9.01. The zero-order valence-corrected chi connectivity index (χ0v) is 28.7. The lowest BCUT2D eigenvalue weighted by molar-refractivity contribution is 1.07. The van der Waals surface area contributed by atoms with Gasteiger partial charge in [-0.05, 0) is 64.0 Å². The summed E-state index contributed by atoms with van der Waals surface area (Å²) in [5.74, 6) is 1.96. The summed E-state index contributed by atoms with van der Waals surface area (Å²) in [4.78, 5) is 15.5. The van der Waals surface area contributed by atoms with Gasteiger partial charge in [0.05, 0.1) is 11.0 Å². The molecule has 0 atom stereocenters. The Hall–Kier alpha value is -6.69. The maximum atomic E-state index is 5.22. The van der Waals surface area contributed by atoms with Crippen LogP contribution in [0.25, 0.3) is 103 Å². The smallest absolute Gasteiger partial charge is 0.165 e. The van der Waals surface area contributed by atoms with E-state index in [1.807, 2.05) is 18.2 Å². The van der Waals surface area contributed by atoms with E-state index in [0.29, 0.717) is 17.5 Å². The number of rotatable bonds is 4. The lowest BCUT2D eigenvalue weighted by Crippen LogP contribution is -2.01. The third kappa shape index (κ3) is 4.50. The van der Waals surface area contributed by atoms with Crippen LogP contribution >= 0.6 is 11.3 Å². The number of nitrogens with zero attached hydrogens (tertiary/aromatic N) is 4. The normalized spacial score (nSPS) is 11.8. The highest BCUT2D eigenvalue weighted by Gasteiger charge is 2.19. The van der Waals surface area contributed by atoms with Crippen molar-refractivity contribution in [2.45, 2.75) is 0 Å². The molecule has 4 nitrogen and oxygen atoms in total. The van der Waals surface area contributed by atoms with Gasteiger partial charge < -0.3 is 4.57 Å². The van der Waals surface area contributed by atoms with E-state index in [2.05, 4.69) is 156 Å². The average molecular weight is 681 g/mol. The topological polar surface area (TPSA) is 43.6 Å². The van der Waals surface area contributed by atoms with Gasteiger partial charge in [0.2, 0.25) is 0 Å². The molecule has 242 valence electrons. The minimum absolute atomic E-state index is 0.639. The third-order valence-corrected chi connectivity index (χ3v) is 11.4. The molecule has 3 heterocycles. The molecule has 52 heavy (non-hydrogen) atoms. The number of hydrogen-bond acceptors (Lipinski definition) is 4. The predicted octanol–water partition coefficient (Wildman–Crippen LogP) is 12.6. The molecule has 0 saturated carbocycles. The van der Waals surface area contributed by atoms with Gasteiger partial charge in [-0.15, -0.1) is 11.3 Å². The Morgan fingerprint density at radius 2 is 1.06 bits per heavy atom. The monoisotopic (exact) mass is 680 g/mol. The first kappa shape index (κ1) is 29.1. The van der Waals surface area contributed by atoms with Crippen LogP contribution in [-0.2, 0) is 0 Å². The summed E-state index contributed by atoms with van der Waals surface area (Å²) in [6.45, 7) is 0. The molecule has 0 aliphatic carbocycles. The fourth-order valence-electron chi connectivity index (χ4n) is 7.80. The largest absolute Gasteiger partial charge is 0.309 e. The molecule has 0 amide bonds. The second kappa shape index (κ2) is 11.4. The van der Waals surface area contributed by atoms with Gasteiger partial charge in [0.1, 0.15) is 0 Å². The molecule has 0 unspecified atom stereocenters. The SMILES string of the molecule is c1ccc(-c2nc(-c3cccc(-n4c5cc6ccccc6cc5c5c6ccccc6ccc54)c3)nc(-c3cccc4c3sc3ccccc34)n2)cc1. The Balaban J connectivity index is 1.16. The van der Waals surface area contributed by atoms with E-state index in [1.165, 1.54) is 63.5 Å². The molecule has 3 aromatic heterocycles. The molecule has 11 rings (SSSR count). The maximum absolute atomic E-state index is 5.22. The average Bonchev–Trinajstić information content (AvgIpc) is 3.76. The van der Waals surface area contributed by atoms with Crippen molar-refractivity contribution in [3.05, 3.63) is 170 Å². The Kier molecular flexibility index (Phi) is 6.39. The Morgan fingerprint density at radius 1 is 0.404 bits per heavy atom. The van der Waals surface area contributed by atoms with Gasteiger partial charge in [0.15, 0.2) is 17.5 Å². The van der Waals surface area contributed by atoms with Gasteiger partial charge in [-0.25, -0.2) is 15.0 Å². The van der Waals surface area contributed by atoms with Gasteiger partial charge in [0, 0.05) is 53.3 Å². The van der Waals surface area contributed by atoms with Crippen molar-refractivity contribution >= 4 is 74.9 Å². The van der Waals surface area contributed by atoms with Crippen molar-refractivity contribution in [2.75, 3.05) is 0 Å². The summed E-state index contributed by atoms with van der Waals surface area (Å²) in [7, 11) is 0. The Bertz CT molecular complexity index is 3190. The van der Waals surface area contributed by atoms with E-state index in [0.717, 1.165) is 22.4 Å². The van der Waals surface area contributed by atoms with Crippen molar-refractivity contribution in [3.8, 4) is 39.9 Å². The van der Waals surface area contributed by atoms with Crippen molar-refractivity contribution in [1.29, 1.82) is 0 Å². The molecule has 0 bridgehead atoms. The minimum Gasteiger partial charge on any atom is -0.309 e. The molecule has 0 aliphatic rings. The van der Waals surface area contributed by atoms with Crippen LogP contribution in [0.2, 0.25) is 0 Å². The Labute approximate surface area is 302 Å².